The van der Waals surface area contributed by atoms with Gasteiger partial charge in [0.25, 0.3) is 0 Å². The molecular formula is C20H25NO3. The third kappa shape index (κ3) is 6.05. The van der Waals surface area contributed by atoms with E-state index < -0.39 is 0 Å². The highest BCUT2D eigenvalue weighted by molar-refractivity contribution is 5.71. The lowest BCUT2D eigenvalue weighted by Crippen LogP contribution is -2.29. The summed E-state index contributed by atoms with van der Waals surface area (Å²) in [5, 5.41) is 0. The van der Waals surface area contributed by atoms with Gasteiger partial charge in [-0.1, -0.05) is 42.5 Å². The first-order chi connectivity index (χ1) is 11.7. The Kier molecular flexibility index (Phi) is 7.30. The molecule has 0 saturated heterocycles. The second-order valence-corrected chi connectivity index (χ2v) is 5.64. The average Bonchev–Trinajstić information content (AvgIpc) is 2.60. The molecule has 0 spiro atoms. The van der Waals surface area contributed by atoms with Gasteiger partial charge in [0.15, 0.2) is 0 Å². The van der Waals surface area contributed by atoms with E-state index in [2.05, 4.69) is 24.3 Å². The molecule has 2 aromatic carbocycles. The number of nitrogens with zero attached hydrogens (tertiary/aromatic N) is 1. The van der Waals surface area contributed by atoms with Gasteiger partial charge in [0, 0.05) is 6.54 Å². The number of hydrogen-bond acceptors (Lipinski definition) is 4. The average molecular weight is 327 g/mol. The maximum absolute atomic E-state index is 11.4. The highest BCUT2D eigenvalue weighted by Gasteiger charge is 2.06. The smallest absolute Gasteiger partial charge is 0.320 e. The third-order valence-corrected chi connectivity index (χ3v) is 3.60. The quantitative estimate of drug-likeness (QED) is 0.521. The van der Waals surface area contributed by atoms with Crippen LogP contribution in [-0.4, -0.2) is 44.2 Å². The predicted octanol–water partition coefficient (Wildman–Crippen LogP) is 3.62. The van der Waals surface area contributed by atoms with Crippen molar-refractivity contribution in [3.63, 3.8) is 0 Å². The van der Waals surface area contributed by atoms with Gasteiger partial charge in [0.1, 0.15) is 5.75 Å². The van der Waals surface area contributed by atoms with E-state index in [-0.39, 0.29) is 5.97 Å². The molecule has 4 nitrogen and oxygen atoms in total. The van der Waals surface area contributed by atoms with Crippen LogP contribution in [-0.2, 0) is 9.53 Å². The summed E-state index contributed by atoms with van der Waals surface area (Å²) < 4.78 is 10.8. The summed E-state index contributed by atoms with van der Waals surface area (Å²) in [6.07, 6.45) is 0.853. The number of ether oxygens (including phenoxy) is 2. The van der Waals surface area contributed by atoms with Crippen LogP contribution in [0.4, 0.5) is 0 Å². The predicted molar refractivity (Wildman–Crippen MR) is 96.1 cm³/mol. The van der Waals surface area contributed by atoms with Crippen LogP contribution in [0.15, 0.2) is 54.6 Å². The van der Waals surface area contributed by atoms with Crippen LogP contribution in [0.1, 0.15) is 13.3 Å². The third-order valence-electron chi connectivity index (χ3n) is 3.60. The molecule has 128 valence electrons. The summed E-state index contributed by atoms with van der Waals surface area (Å²) in [5.74, 6) is 0.681. The van der Waals surface area contributed by atoms with E-state index in [9.17, 15) is 4.79 Å². The molecule has 0 aromatic heterocycles. The molecule has 0 unspecified atom stereocenters. The molecule has 2 rings (SSSR count). The zero-order chi connectivity index (χ0) is 17.2. The number of carbonyl (C=O) groups is 1. The van der Waals surface area contributed by atoms with E-state index >= 15 is 0 Å². The lowest BCUT2D eigenvalue weighted by molar-refractivity contribution is -0.144. The maximum atomic E-state index is 11.4. The molecule has 0 atom stereocenters. The zero-order valence-corrected chi connectivity index (χ0v) is 14.4. The molecule has 0 aliphatic heterocycles. The fraction of sp³-hybridized carbons (Fsp3) is 0.350. The summed E-state index contributed by atoms with van der Waals surface area (Å²) in [5.41, 5.74) is 2.32. The van der Waals surface area contributed by atoms with E-state index in [0.717, 1.165) is 24.3 Å². The molecule has 0 saturated carbocycles. The number of likely N-dealkylation sites (N-methyl/N-ethyl adjacent to an activating group) is 1. The molecule has 2 aromatic rings. The normalized spacial score (nSPS) is 10.6. The van der Waals surface area contributed by atoms with Gasteiger partial charge in [-0.25, -0.2) is 0 Å². The van der Waals surface area contributed by atoms with Crippen molar-refractivity contribution in [2.24, 2.45) is 0 Å². The first kappa shape index (κ1) is 18.0. The molecule has 0 fully saturated rings. The van der Waals surface area contributed by atoms with Crippen LogP contribution in [0, 0.1) is 0 Å². The number of hydrogen-bond donors (Lipinski definition) is 0. The molecule has 4 heteroatoms. The van der Waals surface area contributed by atoms with Crippen molar-refractivity contribution in [3.05, 3.63) is 54.6 Å². The highest BCUT2D eigenvalue weighted by atomic mass is 16.5. The van der Waals surface area contributed by atoms with Crippen molar-refractivity contribution >= 4 is 5.97 Å². The second-order valence-electron chi connectivity index (χ2n) is 5.64. The summed E-state index contributed by atoms with van der Waals surface area (Å²) >= 11 is 0. The number of carbonyl (C=O) groups excluding carboxylic acids is 1. The Morgan fingerprint density at radius 2 is 1.79 bits per heavy atom. The maximum Gasteiger partial charge on any atom is 0.320 e. The van der Waals surface area contributed by atoms with Crippen LogP contribution in [0.25, 0.3) is 11.1 Å². The SMILES string of the molecule is CCOC(=O)CN(C)CCCOc1cccc(-c2ccccc2)c1. The van der Waals surface area contributed by atoms with Crippen LogP contribution < -0.4 is 4.74 Å². The molecule has 0 heterocycles. The molecule has 0 amide bonds. The van der Waals surface area contributed by atoms with Crippen molar-refractivity contribution in [3.8, 4) is 16.9 Å². The van der Waals surface area contributed by atoms with E-state index in [1.165, 1.54) is 5.56 Å². The van der Waals surface area contributed by atoms with E-state index in [0.29, 0.717) is 19.8 Å². The van der Waals surface area contributed by atoms with Crippen molar-refractivity contribution < 1.29 is 14.3 Å². The molecule has 0 aliphatic carbocycles. The summed E-state index contributed by atoms with van der Waals surface area (Å²) in [7, 11) is 1.91. The first-order valence-electron chi connectivity index (χ1n) is 8.31. The lowest BCUT2D eigenvalue weighted by Gasteiger charge is -2.15. The molecule has 0 aliphatic rings. The van der Waals surface area contributed by atoms with Gasteiger partial charge < -0.3 is 9.47 Å². The fourth-order valence-corrected chi connectivity index (χ4v) is 2.43. The lowest BCUT2D eigenvalue weighted by atomic mass is 10.1. The first-order valence-corrected chi connectivity index (χ1v) is 8.31. The van der Waals surface area contributed by atoms with Gasteiger partial charge in [-0.2, -0.15) is 0 Å². The van der Waals surface area contributed by atoms with Gasteiger partial charge in [-0.3, -0.25) is 9.69 Å². The fourth-order valence-electron chi connectivity index (χ4n) is 2.43. The summed E-state index contributed by atoms with van der Waals surface area (Å²) in [4.78, 5) is 13.3. The standard InChI is InChI=1S/C20H25NO3/c1-3-23-20(22)16-21(2)13-8-14-24-19-12-7-11-18(15-19)17-9-5-4-6-10-17/h4-7,9-12,15H,3,8,13-14,16H2,1-2H3. The molecule has 24 heavy (non-hydrogen) atoms. The largest absolute Gasteiger partial charge is 0.494 e. The van der Waals surface area contributed by atoms with Crippen LogP contribution in [0.3, 0.4) is 0 Å². The van der Waals surface area contributed by atoms with Crippen LogP contribution in [0.5, 0.6) is 5.75 Å². The number of esters is 1. The topological polar surface area (TPSA) is 38.8 Å². The van der Waals surface area contributed by atoms with Crippen molar-refractivity contribution in [1.29, 1.82) is 0 Å². The van der Waals surface area contributed by atoms with Crippen LogP contribution in [0.2, 0.25) is 0 Å². The minimum Gasteiger partial charge on any atom is -0.494 e. The number of benzene rings is 2. The van der Waals surface area contributed by atoms with Gasteiger partial charge in [-0.05, 0) is 43.7 Å². The Bertz CT molecular complexity index is 628. The van der Waals surface area contributed by atoms with Crippen molar-refractivity contribution in [1.82, 2.24) is 4.90 Å². The minimum atomic E-state index is -0.184. The Hall–Kier alpha value is -2.33. The molecular weight excluding hydrogens is 302 g/mol. The second kappa shape index (κ2) is 9.73. The Morgan fingerprint density at radius 3 is 2.54 bits per heavy atom. The van der Waals surface area contributed by atoms with E-state index in [4.69, 9.17) is 9.47 Å². The molecule has 0 radical (unpaired) electrons. The van der Waals surface area contributed by atoms with Gasteiger partial charge in [0.2, 0.25) is 0 Å². The van der Waals surface area contributed by atoms with Crippen molar-refractivity contribution in [2.75, 3.05) is 33.4 Å². The zero-order valence-electron chi connectivity index (χ0n) is 14.4. The minimum absolute atomic E-state index is 0.184. The van der Waals surface area contributed by atoms with Crippen molar-refractivity contribution in [2.45, 2.75) is 13.3 Å². The summed E-state index contributed by atoms with van der Waals surface area (Å²) in [6.45, 7) is 3.96. The Balaban J connectivity index is 1.76. The summed E-state index contributed by atoms with van der Waals surface area (Å²) in [6, 6.07) is 18.3. The van der Waals surface area contributed by atoms with Gasteiger partial charge in [0.05, 0.1) is 19.8 Å². The Morgan fingerprint density at radius 1 is 1.04 bits per heavy atom. The molecule has 0 bridgehead atoms. The molecule has 0 N–H and O–H groups in total. The van der Waals surface area contributed by atoms with E-state index in [1.807, 2.05) is 49.2 Å². The Labute approximate surface area is 144 Å². The monoisotopic (exact) mass is 327 g/mol. The van der Waals surface area contributed by atoms with Gasteiger partial charge >= 0.3 is 5.97 Å². The van der Waals surface area contributed by atoms with E-state index in [1.54, 1.807) is 0 Å². The number of rotatable bonds is 9. The van der Waals surface area contributed by atoms with Crippen LogP contribution >= 0.6 is 0 Å². The highest BCUT2D eigenvalue weighted by Crippen LogP contribution is 2.23. The van der Waals surface area contributed by atoms with Gasteiger partial charge in [-0.15, -0.1) is 0 Å².